The average molecular weight is 426 g/mol. The highest BCUT2D eigenvalue weighted by Gasteiger charge is 2.24. The van der Waals surface area contributed by atoms with Gasteiger partial charge in [0.05, 0.1) is 6.23 Å². The number of hydrogen-bond acceptors (Lipinski definition) is 2. The fourth-order valence-electron chi connectivity index (χ4n) is 4.15. The van der Waals surface area contributed by atoms with E-state index >= 15 is 0 Å². The van der Waals surface area contributed by atoms with Gasteiger partial charge < -0.3 is 3.79 Å². The fourth-order valence-corrected chi connectivity index (χ4v) is 6.93. The van der Waals surface area contributed by atoms with E-state index in [2.05, 4.69) is 39.5 Å². The van der Waals surface area contributed by atoms with E-state index in [0.29, 0.717) is 6.23 Å². The molecule has 0 radical (unpaired) electrons. The normalized spacial score (nSPS) is 12.6. The van der Waals surface area contributed by atoms with Crippen LogP contribution in [0.1, 0.15) is 137 Å². The molecule has 0 aromatic rings. The Morgan fingerprint density at radius 3 is 1.34 bits per heavy atom. The molecule has 0 rings (SSSR count). The highest BCUT2D eigenvalue weighted by Crippen LogP contribution is 2.18. The first-order chi connectivity index (χ1) is 14.2. The van der Waals surface area contributed by atoms with Gasteiger partial charge in [-0.15, -0.1) is 0 Å². The summed E-state index contributed by atoms with van der Waals surface area (Å²) >= 11 is -1.07. The second-order valence-corrected chi connectivity index (χ2v) is 11.9. The molecule has 1 unspecified atom stereocenters. The van der Waals surface area contributed by atoms with Crippen molar-refractivity contribution in [2.24, 2.45) is 0 Å². The number of rotatable bonds is 23. The van der Waals surface area contributed by atoms with Crippen molar-refractivity contribution in [1.82, 2.24) is 4.90 Å². The van der Waals surface area contributed by atoms with Crippen molar-refractivity contribution in [3.63, 3.8) is 0 Å². The first-order valence-corrected chi connectivity index (χ1v) is 15.7. The molecule has 2 nitrogen and oxygen atoms in total. The van der Waals surface area contributed by atoms with Crippen LogP contribution in [0.2, 0.25) is 10.6 Å². The maximum Gasteiger partial charge on any atom is 0.461 e. The Kier molecular flexibility index (Phi) is 23.5. The van der Waals surface area contributed by atoms with Gasteiger partial charge in [-0.1, -0.05) is 128 Å². The van der Waals surface area contributed by atoms with Gasteiger partial charge in [0.2, 0.25) is 0 Å². The second-order valence-electron chi connectivity index (χ2n) is 9.21. The molecule has 174 valence electrons. The monoisotopic (exact) mass is 425 g/mol. The minimum atomic E-state index is -1.07. The van der Waals surface area contributed by atoms with E-state index in [9.17, 15) is 0 Å². The lowest BCUT2D eigenvalue weighted by Gasteiger charge is -2.32. The Bertz CT molecular complexity index is 289. The first kappa shape index (κ1) is 29.5. The summed E-state index contributed by atoms with van der Waals surface area (Å²) in [6.07, 6.45) is 22.4. The van der Waals surface area contributed by atoms with Crippen molar-refractivity contribution in [1.29, 1.82) is 0 Å². The predicted molar refractivity (Wildman–Crippen MR) is 134 cm³/mol. The predicted octanol–water partition coefficient (Wildman–Crippen LogP) is 8.96. The molecule has 0 aromatic carbocycles. The van der Waals surface area contributed by atoms with Crippen LogP contribution in [0, 0.1) is 0 Å². The van der Waals surface area contributed by atoms with E-state index in [4.69, 9.17) is 3.79 Å². The largest absolute Gasteiger partial charge is 0.487 e. The molecule has 0 spiro atoms. The zero-order valence-electron chi connectivity index (χ0n) is 21.2. The Labute approximate surface area is 190 Å². The highest BCUT2D eigenvalue weighted by molar-refractivity contribution is 6.51. The summed E-state index contributed by atoms with van der Waals surface area (Å²) in [5.74, 6) is 0. The van der Waals surface area contributed by atoms with Gasteiger partial charge in [-0.2, -0.15) is 0 Å². The zero-order chi connectivity index (χ0) is 21.6. The minimum Gasteiger partial charge on any atom is -0.487 e. The molecule has 0 amide bonds. The minimum absolute atomic E-state index is 0.338. The molecule has 0 heterocycles. The molecule has 0 aliphatic carbocycles. The van der Waals surface area contributed by atoms with E-state index in [-0.39, 0.29) is 0 Å². The third-order valence-electron chi connectivity index (χ3n) is 6.26. The van der Waals surface area contributed by atoms with Gasteiger partial charge in [0.15, 0.2) is 0 Å². The van der Waals surface area contributed by atoms with Crippen LogP contribution in [-0.2, 0) is 3.79 Å². The zero-order valence-corrected chi connectivity index (χ0v) is 22.3. The summed E-state index contributed by atoms with van der Waals surface area (Å²) in [6, 6.07) is 0. The summed E-state index contributed by atoms with van der Waals surface area (Å²) in [7, 11) is 0. The van der Waals surface area contributed by atoms with Crippen LogP contribution >= 0.6 is 0 Å². The standard InChI is InChI=1S/C10H22NO.2C8H17.Al/c1-4-6-8-11(10(3)12)9-7-5-2;2*1-3-5-7-8-6-4-2;/h10H,4-9H2,1-3H3;2*1,3-8H2,2H3;/q-1;;;+1. The molecular formula is C26H56AlNO. The molecule has 0 aliphatic heterocycles. The van der Waals surface area contributed by atoms with Gasteiger partial charge in [-0.05, 0) is 19.8 Å². The summed E-state index contributed by atoms with van der Waals surface area (Å²) in [6.45, 7) is 14.0. The van der Waals surface area contributed by atoms with E-state index in [1.165, 1.54) is 126 Å². The first-order valence-electron chi connectivity index (χ1n) is 13.6. The summed E-state index contributed by atoms with van der Waals surface area (Å²) in [5.41, 5.74) is 0. The van der Waals surface area contributed by atoms with Crippen molar-refractivity contribution in [3.8, 4) is 0 Å². The van der Waals surface area contributed by atoms with Crippen LogP contribution in [0.25, 0.3) is 0 Å². The van der Waals surface area contributed by atoms with E-state index < -0.39 is 14.5 Å². The fraction of sp³-hybridized carbons (Fsp3) is 1.00. The lowest BCUT2D eigenvalue weighted by molar-refractivity contribution is 0.0343. The molecule has 0 aliphatic rings. The number of hydrogen-bond donors (Lipinski definition) is 0. The van der Waals surface area contributed by atoms with Crippen molar-refractivity contribution in [3.05, 3.63) is 0 Å². The maximum atomic E-state index is 6.83. The number of nitrogens with zero attached hydrogens (tertiary/aromatic N) is 1. The van der Waals surface area contributed by atoms with Gasteiger partial charge in [0.1, 0.15) is 0 Å². The van der Waals surface area contributed by atoms with Gasteiger partial charge in [-0.3, -0.25) is 4.90 Å². The summed E-state index contributed by atoms with van der Waals surface area (Å²) in [4.78, 5) is 2.63. The van der Waals surface area contributed by atoms with E-state index in [1.54, 1.807) is 0 Å². The van der Waals surface area contributed by atoms with Crippen LogP contribution in [0.3, 0.4) is 0 Å². The summed E-state index contributed by atoms with van der Waals surface area (Å²) in [5, 5.41) is 2.81. The Morgan fingerprint density at radius 2 is 0.931 bits per heavy atom. The molecule has 0 bridgehead atoms. The molecule has 29 heavy (non-hydrogen) atoms. The average Bonchev–Trinajstić information content (AvgIpc) is 2.72. The Hall–Kier alpha value is 0.452. The topological polar surface area (TPSA) is 12.5 Å². The van der Waals surface area contributed by atoms with Gasteiger partial charge in [0.25, 0.3) is 0 Å². The van der Waals surface area contributed by atoms with Crippen molar-refractivity contribution in [2.45, 2.75) is 154 Å². The maximum absolute atomic E-state index is 6.83. The molecular weight excluding hydrogens is 369 g/mol. The van der Waals surface area contributed by atoms with Crippen LogP contribution in [0.4, 0.5) is 0 Å². The van der Waals surface area contributed by atoms with Gasteiger partial charge in [0, 0.05) is 13.1 Å². The van der Waals surface area contributed by atoms with Crippen LogP contribution < -0.4 is 0 Å². The van der Waals surface area contributed by atoms with Crippen LogP contribution in [-0.4, -0.2) is 38.7 Å². The van der Waals surface area contributed by atoms with Gasteiger partial charge in [-0.25, -0.2) is 0 Å². The molecule has 0 saturated heterocycles. The van der Waals surface area contributed by atoms with Crippen molar-refractivity contribution >= 4 is 14.5 Å². The molecule has 3 heteroatoms. The molecule has 0 aromatic heterocycles. The van der Waals surface area contributed by atoms with Crippen LogP contribution in [0.15, 0.2) is 0 Å². The molecule has 0 saturated carbocycles. The van der Waals surface area contributed by atoms with Crippen LogP contribution in [0.5, 0.6) is 0 Å². The third kappa shape index (κ3) is 18.9. The summed E-state index contributed by atoms with van der Waals surface area (Å²) < 4.78 is 6.83. The Morgan fingerprint density at radius 1 is 0.552 bits per heavy atom. The molecule has 0 fully saturated rings. The molecule has 0 N–H and O–H groups in total. The van der Waals surface area contributed by atoms with E-state index in [1.807, 2.05) is 0 Å². The number of unbranched alkanes of at least 4 members (excludes halogenated alkanes) is 12. The second kappa shape index (κ2) is 23.1. The van der Waals surface area contributed by atoms with Crippen molar-refractivity contribution in [2.75, 3.05) is 13.1 Å². The van der Waals surface area contributed by atoms with E-state index in [0.717, 1.165) is 0 Å². The quantitative estimate of drug-likeness (QED) is 0.0920. The van der Waals surface area contributed by atoms with Crippen molar-refractivity contribution < 1.29 is 3.79 Å². The Balaban J connectivity index is 4.44. The lowest BCUT2D eigenvalue weighted by atomic mass is 10.1. The third-order valence-corrected chi connectivity index (χ3v) is 9.14. The SMILES string of the molecule is CCCCCCC[CH2][Al]([CH2]CCCCCCC)[O]C(C)N(CCCC)CCCC. The highest BCUT2D eigenvalue weighted by atomic mass is 27.2. The lowest BCUT2D eigenvalue weighted by Crippen LogP contribution is -2.40. The van der Waals surface area contributed by atoms with Gasteiger partial charge >= 0.3 is 14.5 Å². The smallest absolute Gasteiger partial charge is 0.461 e. The molecule has 1 atom stereocenters.